The standard InChI is InChI=1S/C12H23N3S/c1-4-12(2,3)9-5-7-10(8-6-9)14-15-11(13)16/h9H,4-8H2,1-3H3,(H3,13,15,16). The lowest BCUT2D eigenvalue weighted by Gasteiger charge is -2.36. The van der Waals surface area contributed by atoms with Gasteiger partial charge in [-0.3, -0.25) is 5.43 Å². The lowest BCUT2D eigenvalue weighted by molar-refractivity contribution is 0.176. The van der Waals surface area contributed by atoms with Gasteiger partial charge in [0.05, 0.1) is 0 Å². The SMILES string of the molecule is CCC(C)(C)C1CCC(=NNC(N)=S)CC1. The van der Waals surface area contributed by atoms with Crippen LogP contribution in [0.4, 0.5) is 0 Å². The third-order valence-electron chi connectivity index (χ3n) is 3.90. The number of nitrogens with zero attached hydrogens (tertiary/aromatic N) is 1. The van der Waals surface area contributed by atoms with Crippen LogP contribution >= 0.6 is 12.2 Å². The second-order valence-electron chi connectivity index (χ2n) is 5.27. The molecule has 4 heteroatoms. The molecular formula is C12H23N3S. The van der Waals surface area contributed by atoms with Gasteiger partial charge >= 0.3 is 0 Å². The maximum atomic E-state index is 5.34. The van der Waals surface area contributed by atoms with E-state index >= 15 is 0 Å². The molecule has 1 aliphatic carbocycles. The molecule has 16 heavy (non-hydrogen) atoms. The lowest BCUT2D eigenvalue weighted by Crippen LogP contribution is -2.30. The van der Waals surface area contributed by atoms with E-state index in [-0.39, 0.29) is 5.11 Å². The van der Waals surface area contributed by atoms with Crippen LogP contribution in [0.5, 0.6) is 0 Å². The summed E-state index contributed by atoms with van der Waals surface area (Å²) >= 11 is 4.72. The average molecular weight is 241 g/mol. The summed E-state index contributed by atoms with van der Waals surface area (Å²) in [4.78, 5) is 0. The Bertz CT molecular complexity index is 274. The molecule has 0 saturated heterocycles. The second-order valence-corrected chi connectivity index (χ2v) is 5.71. The largest absolute Gasteiger partial charge is 0.375 e. The summed E-state index contributed by atoms with van der Waals surface area (Å²) in [6.07, 6.45) is 5.86. The van der Waals surface area contributed by atoms with E-state index < -0.39 is 0 Å². The molecule has 92 valence electrons. The first-order valence-corrected chi connectivity index (χ1v) is 6.47. The number of hydrogen-bond acceptors (Lipinski definition) is 2. The summed E-state index contributed by atoms with van der Waals surface area (Å²) in [7, 11) is 0. The van der Waals surface area contributed by atoms with Crippen LogP contribution in [0, 0.1) is 11.3 Å². The summed E-state index contributed by atoms with van der Waals surface area (Å²) in [6, 6.07) is 0. The highest BCUT2D eigenvalue weighted by molar-refractivity contribution is 7.80. The van der Waals surface area contributed by atoms with Gasteiger partial charge in [0.25, 0.3) is 0 Å². The fraction of sp³-hybridized carbons (Fsp3) is 0.833. The fourth-order valence-corrected chi connectivity index (χ4v) is 2.31. The molecule has 0 aromatic heterocycles. The minimum Gasteiger partial charge on any atom is -0.375 e. The summed E-state index contributed by atoms with van der Waals surface area (Å²) in [5.74, 6) is 0.821. The van der Waals surface area contributed by atoms with Crippen LogP contribution in [-0.4, -0.2) is 10.8 Å². The summed E-state index contributed by atoms with van der Waals surface area (Å²) in [5, 5.41) is 4.48. The van der Waals surface area contributed by atoms with Crippen molar-refractivity contribution in [3.05, 3.63) is 0 Å². The zero-order valence-electron chi connectivity index (χ0n) is 10.5. The van der Waals surface area contributed by atoms with Crippen molar-refractivity contribution in [1.29, 1.82) is 0 Å². The molecule has 0 bridgehead atoms. The highest BCUT2D eigenvalue weighted by atomic mass is 32.1. The van der Waals surface area contributed by atoms with Crippen molar-refractivity contribution < 1.29 is 0 Å². The zero-order valence-corrected chi connectivity index (χ0v) is 11.4. The fourth-order valence-electron chi connectivity index (χ4n) is 2.27. The molecule has 3 nitrogen and oxygen atoms in total. The van der Waals surface area contributed by atoms with Crippen LogP contribution in [0.25, 0.3) is 0 Å². The van der Waals surface area contributed by atoms with Crippen LogP contribution < -0.4 is 11.2 Å². The normalized spacial score (nSPS) is 21.7. The number of rotatable bonds is 3. The van der Waals surface area contributed by atoms with E-state index in [1.807, 2.05) is 0 Å². The first-order chi connectivity index (χ1) is 7.45. The predicted octanol–water partition coefficient (Wildman–Crippen LogP) is 2.80. The topological polar surface area (TPSA) is 50.4 Å². The Balaban J connectivity index is 2.45. The highest BCUT2D eigenvalue weighted by Gasteiger charge is 2.30. The van der Waals surface area contributed by atoms with E-state index in [4.69, 9.17) is 18.0 Å². The average Bonchev–Trinajstić information content (AvgIpc) is 2.27. The predicted molar refractivity (Wildman–Crippen MR) is 73.4 cm³/mol. The number of hydrogen-bond donors (Lipinski definition) is 2. The van der Waals surface area contributed by atoms with Crippen LogP contribution in [0.3, 0.4) is 0 Å². The number of thiocarbonyl (C=S) groups is 1. The number of nitrogens with one attached hydrogen (secondary N) is 1. The van der Waals surface area contributed by atoms with Gasteiger partial charge in [-0.25, -0.2) is 0 Å². The minimum atomic E-state index is 0.253. The van der Waals surface area contributed by atoms with Gasteiger partial charge in [0.15, 0.2) is 5.11 Å². The van der Waals surface area contributed by atoms with E-state index in [0.717, 1.165) is 18.8 Å². The minimum absolute atomic E-state index is 0.253. The highest BCUT2D eigenvalue weighted by Crippen LogP contribution is 2.39. The van der Waals surface area contributed by atoms with E-state index in [9.17, 15) is 0 Å². The van der Waals surface area contributed by atoms with Gasteiger partial charge in [0, 0.05) is 5.71 Å². The van der Waals surface area contributed by atoms with Crippen molar-refractivity contribution in [1.82, 2.24) is 5.43 Å². The van der Waals surface area contributed by atoms with Crippen molar-refractivity contribution in [2.75, 3.05) is 0 Å². The summed E-state index contributed by atoms with van der Waals surface area (Å²) in [5.41, 5.74) is 9.69. The first kappa shape index (κ1) is 13.4. The maximum Gasteiger partial charge on any atom is 0.184 e. The van der Waals surface area contributed by atoms with Gasteiger partial charge in [-0.15, -0.1) is 0 Å². The molecule has 0 atom stereocenters. The molecule has 3 N–H and O–H groups in total. The van der Waals surface area contributed by atoms with Crippen molar-refractivity contribution in [3.63, 3.8) is 0 Å². The Hall–Kier alpha value is -0.640. The van der Waals surface area contributed by atoms with Crippen LogP contribution in [0.2, 0.25) is 0 Å². The molecule has 0 spiro atoms. The van der Waals surface area contributed by atoms with Crippen molar-refractivity contribution >= 4 is 23.0 Å². The van der Waals surface area contributed by atoms with Crippen LogP contribution in [-0.2, 0) is 0 Å². The maximum absolute atomic E-state index is 5.34. The van der Waals surface area contributed by atoms with Crippen molar-refractivity contribution in [2.45, 2.75) is 52.9 Å². The van der Waals surface area contributed by atoms with E-state index in [1.54, 1.807) is 0 Å². The smallest absolute Gasteiger partial charge is 0.184 e. The lowest BCUT2D eigenvalue weighted by atomic mass is 9.69. The van der Waals surface area contributed by atoms with E-state index in [2.05, 4.69) is 31.3 Å². The molecule has 0 aliphatic heterocycles. The zero-order chi connectivity index (χ0) is 12.2. The van der Waals surface area contributed by atoms with Gasteiger partial charge in [-0.05, 0) is 49.2 Å². The van der Waals surface area contributed by atoms with Crippen LogP contribution in [0.15, 0.2) is 5.10 Å². The summed E-state index contributed by atoms with van der Waals surface area (Å²) in [6.45, 7) is 7.01. The van der Waals surface area contributed by atoms with Gasteiger partial charge in [-0.1, -0.05) is 27.2 Å². The van der Waals surface area contributed by atoms with Crippen LogP contribution in [0.1, 0.15) is 52.9 Å². The van der Waals surface area contributed by atoms with Gasteiger partial charge in [0.2, 0.25) is 0 Å². The molecule has 0 heterocycles. The third kappa shape index (κ3) is 3.74. The van der Waals surface area contributed by atoms with Gasteiger partial charge < -0.3 is 5.73 Å². The Labute approximate surface area is 104 Å². The van der Waals surface area contributed by atoms with Crippen molar-refractivity contribution in [2.24, 2.45) is 22.2 Å². The number of hydrazone groups is 1. The molecular weight excluding hydrogens is 218 g/mol. The van der Waals surface area contributed by atoms with E-state index in [0.29, 0.717) is 5.41 Å². The Morgan fingerprint density at radius 1 is 1.50 bits per heavy atom. The first-order valence-electron chi connectivity index (χ1n) is 6.06. The molecule has 0 unspecified atom stereocenters. The molecule has 0 aromatic rings. The third-order valence-corrected chi connectivity index (χ3v) is 3.99. The summed E-state index contributed by atoms with van der Waals surface area (Å²) < 4.78 is 0. The molecule has 1 rings (SSSR count). The van der Waals surface area contributed by atoms with Gasteiger partial charge in [0.1, 0.15) is 0 Å². The Morgan fingerprint density at radius 2 is 2.06 bits per heavy atom. The molecule has 0 amide bonds. The van der Waals surface area contributed by atoms with Crippen molar-refractivity contribution in [3.8, 4) is 0 Å². The second kappa shape index (κ2) is 5.62. The molecule has 1 saturated carbocycles. The number of nitrogens with two attached hydrogens (primary N) is 1. The molecule has 0 radical (unpaired) electrons. The Kier molecular flexibility index (Phi) is 4.71. The Morgan fingerprint density at radius 3 is 2.50 bits per heavy atom. The molecule has 0 aromatic carbocycles. The monoisotopic (exact) mass is 241 g/mol. The molecule has 1 fully saturated rings. The van der Waals surface area contributed by atoms with E-state index in [1.165, 1.54) is 25.0 Å². The molecule has 1 aliphatic rings. The quantitative estimate of drug-likeness (QED) is 0.590. The van der Waals surface area contributed by atoms with Gasteiger partial charge in [-0.2, -0.15) is 5.10 Å².